The second-order valence-corrected chi connectivity index (χ2v) is 6.07. The number of ether oxygens (including phenoxy) is 3. The summed E-state index contributed by atoms with van der Waals surface area (Å²) in [6.07, 6.45) is 1.32. The van der Waals surface area contributed by atoms with Crippen molar-refractivity contribution >= 4 is 34.3 Å². The summed E-state index contributed by atoms with van der Waals surface area (Å²) < 4.78 is 21.5. The van der Waals surface area contributed by atoms with Crippen LogP contribution in [0.3, 0.4) is 0 Å². The third-order valence-electron chi connectivity index (χ3n) is 4.02. The molecule has 2 aromatic heterocycles. The predicted octanol–water partition coefficient (Wildman–Crippen LogP) is 3.53. The molecule has 2 heterocycles. The normalized spacial score (nSPS) is 10.7. The van der Waals surface area contributed by atoms with Crippen molar-refractivity contribution in [2.45, 2.75) is 13.8 Å². The minimum atomic E-state index is -0.404. The van der Waals surface area contributed by atoms with E-state index in [0.29, 0.717) is 33.3 Å². The lowest BCUT2D eigenvalue weighted by Gasteiger charge is -2.13. The van der Waals surface area contributed by atoms with E-state index in [2.05, 4.69) is 15.3 Å². The van der Waals surface area contributed by atoms with Gasteiger partial charge in [0.1, 0.15) is 29.0 Å². The highest BCUT2D eigenvalue weighted by Gasteiger charge is 2.17. The van der Waals surface area contributed by atoms with Crippen LogP contribution in [0.15, 0.2) is 22.9 Å². The van der Waals surface area contributed by atoms with Gasteiger partial charge >= 0.3 is 0 Å². The summed E-state index contributed by atoms with van der Waals surface area (Å²) >= 11 is 6.11. The Morgan fingerprint density at radius 3 is 2.63 bits per heavy atom. The lowest BCUT2D eigenvalue weighted by atomic mass is 10.2. The number of carbonyl (C=O) groups excluding carboxylic acids is 1. The van der Waals surface area contributed by atoms with Crippen molar-refractivity contribution in [1.82, 2.24) is 9.97 Å². The van der Waals surface area contributed by atoms with E-state index < -0.39 is 5.91 Å². The molecule has 0 atom stereocenters. The molecule has 0 aliphatic carbocycles. The van der Waals surface area contributed by atoms with E-state index in [9.17, 15) is 4.79 Å². The van der Waals surface area contributed by atoms with Crippen molar-refractivity contribution in [2.24, 2.45) is 0 Å². The highest BCUT2D eigenvalue weighted by Crippen LogP contribution is 2.36. The Morgan fingerprint density at radius 1 is 1.19 bits per heavy atom. The average molecular weight is 392 g/mol. The molecule has 142 valence electrons. The zero-order chi connectivity index (χ0) is 19.6. The van der Waals surface area contributed by atoms with Crippen LogP contribution in [-0.2, 0) is 4.79 Å². The van der Waals surface area contributed by atoms with Crippen LogP contribution in [0.5, 0.6) is 17.4 Å². The van der Waals surface area contributed by atoms with Crippen molar-refractivity contribution in [3.8, 4) is 17.4 Å². The van der Waals surface area contributed by atoms with Crippen LogP contribution in [0.25, 0.3) is 11.1 Å². The number of rotatable bonds is 6. The number of aryl methyl sites for hydroxylation is 2. The third kappa shape index (κ3) is 3.75. The Hall–Kier alpha value is -3.00. The lowest BCUT2D eigenvalue weighted by Crippen LogP contribution is -2.21. The molecule has 0 saturated heterocycles. The van der Waals surface area contributed by atoms with E-state index in [0.717, 1.165) is 11.3 Å². The van der Waals surface area contributed by atoms with E-state index in [1.165, 1.54) is 20.5 Å². The summed E-state index contributed by atoms with van der Waals surface area (Å²) in [5.74, 6) is 1.45. The smallest absolute Gasteiger partial charge is 0.262 e. The van der Waals surface area contributed by atoms with Gasteiger partial charge in [-0.25, -0.2) is 9.97 Å². The highest BCUT2D eigenvalue weighted by atomic mass is 35.5. The molecule has 0 bridgehead atoms. The average Bonchev–Trinajstić information content (AvgIpc) is 2.95. The standard InChI is InChI=1S/C18H18ClN3O5/c1-9-10(2)27-18-16(9)17(20-8-21-18)26-7-15(23)22-12-5-11(19)13(24-3)6-14(12)25-4/h5-6,8H,7H2,1-4H3,(H,22,23). The Bertz CT molecular complexity index is 1000. The summed E-state index contributed by atoms with van der Waals surface area (Å²) in [4.78, 5) is 20.5. The zero-order valence-corrected chi connectivity index (χ0v) is 16.0. The molecule has 0 spiro atoms. The molecule has 3 aromatic rings. The van der Waals surface area contributed by atoms with Crippen LogP contribution in [0, 0.1) is 13.8 Å². The van der Waals surface area contributed by atoms with Gasteiger partial charge in [-0.1, -0.05) is 11.6 Å². The monoisotopic (exact) mass is 391 g/mol. The van der Waals surface area contributed by atoms with Gasteiger partial charge in [0.05, 0.1) is 24.9 Å². The first-order valence-corrected chi connectivity index (χ1v) is 8.37. The molecule has 1 N–H and O–H groups in total. The summed E-state index contributed by atoms with van der Waals surface area (Å²) in [6, 6.07) is 3.13. The van der Waals surface area contributed by atoms with Crippen molar-refractivity contribution in [2.75, 3.05) is 26.1 Å². The number of amides is 1. The fourth-order valence-electron chi connectivity index (χ4n) is 2.54. The molecular formula is C18H18ClN3O5. The number of halogens is 1. The third-order valence-corrected chi connectivity index (χ3v) is 4.31. The molecule has 0 aliphatic heterocycles. The Morgan fingerprint density at radius 2 is 1.93 bits per heavy atom. The first kappa shape index (κ1) is 18.8. The van der Waals surface area contributed by atoms with Crippen LogP contribution in [0.1, 0.15) is 11.3 Å². The predicted molar refractivity (Wildman–Crippen MR) is 100.0 cm³/mol. The summed E-state index contributed by atoms with van der Waals surface area (Å²) in [5, 5.41) is 3.69. The number of hydrogen-bond acceptors (Lipinski definition) is 7. The van der Waals surface area contributed by atoms with E-state index in [1.807, 2.05) is 13.8 Å². The van der Waals surface area contributed by atoms with Crippen molar-refractivity contribution < 1.29 is 23.4 Å². The zero-order valence-electron chi connectivity index (χ0n) is 15.3. The molecule has 3 rings (SSSR count). The van der Waals surface area contributed by atoms with Crippen LogP contribution >= 0.6 is 11.6 Å². The second-order valence-electron chi connectivity index (χ2n) is 5.67. The van der Waals surface area contributed by atoms with Crippen LogP contribution in [-0.4, -0.2) is 36.7 Å². The molecule has 0 saturated carbocycles. The molecule has 9 heteroatoms. The lowest BCUT2D eigenvalue weighted by molar-refractivity contribution is -0.118. The Kier molecular flexibility index (Phi) is 5.36. The van der Waals surface area contributed by atoms with Gasteiger partial charge in [0.25, 0.3) is 5.91 Å². The first-order valence-electron chi connectivity index (χ1n) is 7.99. The molecule has 1 amide bonds. The van der Waals surface area contributed by atoms with Crippen LogP contribution in [0.4, 0.5) is 5.69 Å². The SMILES string of the molecule is COc1cc(OC)c(NC(=O)COc2ncnc3oc(C)c(C)c23)cc1Cl. The fraction of sp³-hybridized carbons (Fsp3) is 0.278. The number of hydrogen-bond donors (Lipinski definition) is 1. The number of anilines is 1. The van der Waals surface area contributed by atoms with Gasteiger partial charge < -0.3 is 23.9 Å². The Labute approximate surface area is 160 Å². The van der Waals surface area contributed by atoms with E-state index in [1.54, 1.807) is 12.1 Å². The number of methoxy groups -OCH3 is 2. The van der Waals surface area contributed by atoms with Gasteiger partial charge in [0, 0.05) is 11.6 Å². The largest absolute Gasteiger partial charge is 0.495 e. The first-order chi connectivity index (χ1) is 12.9. The number of benzene rings is 1. The van der Waals surface area contributed by atoms with Crippen LogP contribution in [0.2, 0.25) is 5.02 Å². The van der Waals surface area contributed by atoms with Gasteiger partial charge in [0.15, 0.2) is 6.61 Å². The highest BCUT2D eigenvalue weighted by molar-refractivity contribution is 6.32. The quantitative estimate of drug-likeness (QED) is 0.686. The van der Waals surface area contributed by atoms with Crippen LogP contribution < -0.4 is 19.5 Å². The van der Waals surface area contributed by atoms with Gasteiger partial charge in [-0.15, -0.1) is 0 Å². The van der Waals surface area contributed by atoms with Crippen molar-refractivity contribution in [1.29, 1.82) is 0 Å². The topological polar surface area (TPSA) is 95.7 Å². The summed E-state index contributed by atoms with van der Waals surface area (Å²) in [7, 11) is 2.98. The maximum atomic E-state index is 12.3. The molecule has 0 aliphatic rings. The van der Waals surface area contributed by atoms with E-state index >= 15 is 0 Å². The van der Waals surface area contributed by atoms with Gasteiger partial charge in [-0.2, -0.15) is 0 Å². The molecule has 0 fully saturated rings. The van der Waals surface area contributed by atoms with Crippen molar-refractivity contribution in [3.05, 3.63) is 34.8 Å². The summed E-state index contributed by atoms with van der Waals surface area (Å²) in [5.41, 5.74) is 1.68. The molecule has 27 heavy (non-hydrogen) atoms. The maximum Gasteiger partial charge on any atom is 0.262 e. The molecular weight excluding hydrogens is 374 g/mol. The maximum absolute atomic E-state index is 12.3. The van der Waals surface area contributed by atoms with E-state index in [4.69, 9.17) is 30.2 Å². The second kappa shape index (κ2) is 7.71. The number of aromatic nitrogens is 2. The number of nitrogens with one attached hydrogen (secondary N) is 1. The number of carbonyl (C=O) groups is 1. The van der Waals surface area contributed by atoms with E-state index in [-0.39, 0.29) is 12.5 Å². The summed E-state index contributed by atoms with van der Waals surface area (Å²) in [6.45, 7) is 3.44. The number of fused-ring (bicyclic) bond motifs is 1. The molecule has 0 radical (unpaired) electrons. The van der Waals surface area contributed by atoms with Crippen molar-refractivity contribution in [3.63, 3.8) is 0 Å². The molecule has 1 aromatic carbocycles. The van der Waals surface area contributed by atoms with Gasteiger partial charge in [-0.3, -0.25) is 4.79 Å². The molecule has 8 nitrogen and oxygen atoms in total. The fourth-order valence-corrected chi connectivity index (χ4v) is 2.78. The molecule has 0 unspecified atom stereocenters. The van der Waals surface area contributed by atoms with Gasteiger partial charge in [0.2, 0.25) is 11.6 Å². The minimum Gasteiger partial charge on any atom is -0.495 e. The minimum absolute atomic E-state index is 0.261. The number of furan rings is 1. The Balaban J connectivity index is 1.75. The number of nitrogens with zero attached hydrogens (tertiary/aromatic N) is 2. The van der Waals surface area contributed by atoms with Gasteiger partial charge in [-0.05, 0) is 19.9 Å².